The summed E-state index contributed by atoms with van der Waals surface area (Å²) >= 11 is 0. The number of nitrogens with one attached hydrogen (secondary N) is 1. The first-order valence-electron chi connectivity index (χ1n) is 25.6. The third-order valence-electron chi connectivity index (χ3n) is 15.6. The molecular formula is C61H67NO11. The molecule has 3 aliphatic carbocycles. The summed E-state index contributed by atoms with van der Waals surface area (Å²) in [5.74, 6) is -1.72. The van der Waals surface area contributed by atoms with Crippen LogP contribution < -0.4 is 14.8 Å². The van der Waals surface area contributed by atoms with Crippen LogP contribution in [0.15, 0.2) is 115 Å². The Kier molecular flexibility index (Phi) is 15.7. The van der Waals surface area contributed by atoms with Crippen LogP contribution in [0.5, 0.6) is 28.7 Å². The van der Waals surface area contributed by atoms with Crippen LogP contribution in [0.4, 0.5) is 0 Å². The van der Waals surface area contributed by atoms with E-state index in [0.29, 0.717) is 56.9 Å². The number of aryl methyl sites for hydroxylation is 1. The van der Waals surface area contributed by atoms with Crippen molar-refractivity contribution in [1.29, 1.82) is 0 Å². The summed E-state index contributed by atoms with van der Waals surface area (Å²) in [6.45, 7) is 6.02. The van der Waals surface area contributed by atoms with Crippen molar-refractivity contribution in [3.63, 3.8) is 0 Å². The fourth-order valence-corrected chi connectivity index (χ4v) is 12.5. The van der Waals surface area contributed by atoms with Crippen LogP contribution in [-0.2, 0) is 49.6 Å². The fourth-order valence-electron chi connectivity index (χ4n) is 12.5. The minimum atomic E-state index is -0.891. The molecule has 73 heavy (non-hydrogen) atoms. The van der Waals surface area contributed by atoms with Crippen molar-refractivity contribution < 1.29 is 53.7 Å². The van der Waals surface area contributed by atoms with Crippen LogP contribution in [-0.4, -0.2) is 85.2 Å². The van der Waals surface area contributed by atoms with Crippen LogP contribution >= 0.6 is 0 Å². The second-order valence-electron chi connectivity index (χ2n) is 19.9. The molecule has 6 aromatic rings. The van der Waals surface area contributed by atoms with Gasteiger partial charge in [-0.1, -0.05) is 72.8 Å². The quantitative estimate of drug-likeness (QED) is 0.0433. The van der Waals surface area contributed by atoms with E-state index in [0.717, 1.165) is 73.8 Å². The molecule has 7 unspecified atom stereocenters. The van der Waals surface area contributed by atoms with Gasteiger partial charge in [0.1, 0.15) is 18.0 Å². The van der Waals surface area contributed by atoms with E-state index in [1.807, 2.05) is 79.7 Å². The van der Waals surface area contributed by atoms with Crippen molar-refractivity contribution in [1.82, 2.24) is 5.32 Å². The minimum Gasteiger partial charge on any atom is -0.508 e. The third kappa shape index (κ3) is 10.8. The Morgan fingerprint density at radius 1 is 0.795 bits per heavy atom. The smallest absolute Gasteiger partial charge is 0.310 e. The third-order valence-corrected chi connectivity index (χ3v) is 15.6. The normalized spacial score (nSPS) is 22.3. The van der Waals surface area contributed by atoms with Gasteiger partial charge < -0.3 is 49.4 Å². The first-order chi connectivity index (χ1) is 35.4. The maximum absolute atomic E-state index is 14.6. The molecule has 0 amide bonds. The molecule has 7 atom stereocenters. The number of aliphatic hydroxyl groups excluding tert-OH is 1. The Labute approximate surface area is 427 Å². The number of hydrogen-bond donors (Lipinski definition) is 5. The van der Waals surface area contributed by atoms with Crippen molar-refractivity contribution >= 4 is 28.8 Å². The molecule has 0 saturated heterocycles. The number of allylic oxidation sites excluding steroid dienone is 1. The molecule has 9 rings (SSSR count). The predicted molar refractivity (Wildman–Crippen MR) is 281 cm³/mol. The average molecular weight is 990 g/mol. The highest BCUT2D eigenvalue weighted by molar-refractivity contribution is 5.98. The summed E-state index contributed by atoms with van der Waals surface area (Å²) in [6, 6.07) is 34.7. The van der Waals surface area contributed by atoms with Crippen molar-refractivity contribution in [2.75, 3.05) is 40.6 Å². The summed E-state index contributed by atoms with van der Waals surface area (Å²) in [5, 5.41) is 50.3. The van der Waals surface area contributed by atoms with Crippen LogP contribution in [0.1, 0.15) is 90.3 Å². The number of methoxy groups -OCH3 is 2. The molecule has 12 heteroatoms. The number of ether oxygens (including phenoxy) is 5. The van der Waals surface area contributed by atoms with Gasteiger partial charge in [-0.05, 0) is 167 Å². The number of fused-ring (bicyclic) bond motifs is 7. The topological polar surface area (TPSA) is 173 Å². The molecule has 3 aliphatic rings. The number of aliphatic hydroxyl groups is 1. The summed E-state index contributed by atoms with van der Waals surface area (Å²) in [4.78, 5) is 28.0. The Hall–Kier alpha value is -6.86. The lowest BCUT2D eigenvalue weighted by Crippen LogP contribution is -2.56. The van der Waals surface area contributed by atoms with E-state index in [-0.39, 0.29) is 48.5 Å². The van der Waals surface area contributed by atoms with Crippen molar-refractivity contribution in [2.45, 2.75) is 89.4 Å². The molecule has 0 aliphatic heterocycles. The number of phenolic OH excluding ortho intramolecular Hbond substituents is 3. The van der Waals surface area contributed by atoms with Gasteiger partial charge in [-0.25, -0.2) is 0 Å². The average Bonchev–Trinajstić information content (AvgIpc) is 3.38. The SMILES string of the molecule is CCOCCCNCc1cccc(-c2cc(O)cc3ccc(CC(=O)OC4CC(OC(C)=O)C5Cc6cc(OC)c(O)cc6C(CO)C5(C=Cc5ccccc5)C5CCc6cc(O)c(OC)cc6C5C4)cc23)c1. The Morgan fingerprint density at radius 3 is 2.36 bits per heavy atom. The highest BCUT2D eigenvalue weighted by Gasteiger charge is 2.60. The lowest BCUT2D eigenvalue weighted by molar-refractivity contribution is -0.166. The Bertz CT molecular complexity index is 2970. The van der Waals surface area contributed by atoms with Gasteiger partial charge in [0.2, 0.25) is 0 Å². The van der Waals surface area contributed by atoms with Gasteiger partial charge in [0, 0.05) is 50.4 Å². The zero-order chi connectivity index (χ0) is 51.2. The highest BCUT2D eigenvalue weighted by Crippen LogP contribution is 2.64. The van der Waals surface area contributed by atoms with Gasteiger partial charge in [-0.3, -0.25) is 9.59 Å². The zero-order valence-electron chi connectivity index (χ0n) is 42.1. The summed E-state index contributed by atoms with van der Waals surface area (Å²) in [6.07, 6.45) is 5.83. The molecule has 6 aromatic carbocycles. The molecule has 0 bridgehead atoms. The molecule has 1 fully saturated rings. The van der Waals surface area contributed by atoms with Crippen LogP contribution in [0.3, 0.4) is 0 Å². The Balaban J connectivity index is 1.10. The predicted octanol–water partition coefficient (Wildman–Crippen LogP) is 10.3. The van der Waals surface area contributed by atoms with Gasteiger partial charge in [-0.15, -0.1) is 0 Å². The first kappa shape index (κ1) is 51.1. The van der Waals surface area contributed by atoms with E-state index in [4.69, 9.17) is 23.7 Å². The molecule has 5 N–H and O–H groups in total. The standard InChI is InChI=1S/C61H67NO11/c1-5-71-22-10-21-62-35-40-13-9-14-41(23-40)48-30-45(65)26-42-16-15-39(24-47(42)48)25-60(68)73-46-31-51-49-34-59(70-4)55(66)28-43(49)17-18-52(51)61(20-19-38-11-7-6-8-12-38)53(57(32-46)72-37(2)64)27-44-29-58(69-3)56(67)33-50(44)54(61)36-63/h6-9,11-16,19-20,23-24,26,28-30,33-34,46,51-54,57,62-63,65-67H,5,10,17-18,21-22,25,27,31-32,35-36H2,1-4H3. The fraction of sp³-hybridized carbons (Fsp3) is 0.377. The van der Waals surface area contributed by atoms with Gasteiger partial charge in [-0.2, -0.15) is 0 Å². The van der Waals surface area contributed by atoms with E-state index < -0.39 is 41.4 Å². The number of carbonyl (C=O) groups is 2. The zero-order valence-corrected chi connectivity index (χ0v) is 42.1. The van der Waals surface area contributed by atoms with Crippen LogP contribution in [0.25, 0.3) is 28.0 Å². The number of esters is 2. The van der Waals surface area contributed by atoms with Gasteiger partial charge in [0.25, 0.3) is 0 Å². The summed E-state index contributed by atoms with van der Waals surface area (Å²) in [7, 11) is 3.02. The lowest BCUT2D eigenvalue weighted by Gasteiger charge is -2.59. The maximum atomic E-state index is 14.6. The molecule has 12 nitrogen and oxygen atoms in total. The first-order valence-corrected chi connectivity index (χ1v) is 25.6. The lowest BCUT2D eigenvalue weighted by atomic mass is 9.46. The molecule has 0 spiro atoms. The van der Waals surface area contributed by atoms with Crippen LogP contribution in [0, 0.1) is 17.3 Å². The number of aromatic hydroxyl groups is 3. The van der Waals surface area contributed by atoms with Gasteiger partial charge >= 0.3 is 11.9 Å². The number of carbonyl (C=O) groups excluding carboxylic acids is 2. The van der Waals surface area contributed by atoms with Crippen LogP contribution in [0.2, 0.25) is 0 Å². The maximum Gasteiger partial charge on any atom is 0.310 e. The summed E-state index contributed by atoms with van der Waals surface area (Å²) < 4.78 is 29.9. The largest absolute Gasteiger partial charge is 0.508 e. The second-order valence-corrected chi connectivity index (χ2v) is 19.9. The Morgan fingerprint density at radius 2 is 1.59 bits per heavy atom. The van der Waals surface area contributed by atoms with Crippen molar-refractivity contribution in [3.8, 4) is 39.9 Å². The molecule has 0 aromatic heterocycles. The number of rotatable bonds is 17. The van der Waals surface area contributed by atoms with Crippen molar-refractivity contribution in [2.24, 2.45) is 17.3 Å². The van der Waals surface area contributed by atoms with E-state index >= 15 is 0 Å². The van der Waals surface area contributed by atoms with E-state index in [1.165, 1.54) is 21.1 Å². The van der Waals surface area contributed by atoms with Gasteiger partial charge in [0.05, 0.1) is 27.2 Å². The monoisotopic (exact) mass is 989 g/mol. The number of hydrogen-bond acceptors (Lipinski definition) is 12. The molecule has 1 saturated carbocycles. The van der Waals surface area contributed by atoms with E-state index in [2.05, 4.69) is 29.6 Å². The number of phenols is 3. The van der Waals surface area contributed by atoms with E-state index in [9.17, 15) is 30.0 Å². The number of benzene rings is 6. The molecule has 0 radical (unpaired) electrons. The minimum absolute atomic E-state index is 0.0341. The van der Waals surface area contributed by atoms with Gasteiger partial charge in [0.15, 0.2) is 23.0 Å². The second kappa shape index (κ2) is 22.5. The molecular weight excluding hydrogens is 923 g/mol. The molecule has 0 heterocycles. The summed E-state index contributed by atoms with van der Waals surface area (Å²) in [5.41, 5.74) is 7.22. The molecule has 382 valence electrons. The van der Waals surface area contributed by atoms with Crippen molar-refractivity contribution in [3.05, 3.63) is 154 Å². The van der Waals surface area contributed by atoms with E-state index in [1.54, 1.807) is 24.3 Å². The highest BCUT2D eigenvalue weighted by atomic mass is 16.6.